The van der Waals surface area contributed by atoms with Crippen LogP contribution in [0.2, 0.25) is 0 Å². The predicted octanol–water partition coefficient (Wildman–Crippen LogP) is -1.43. The molecule has 76 valence electrons. The summed E-state index contributed by atoms with van der Waals surface area (Å²) < 4.78 is 0. The maximum absolute atomic E-state index is 11.3. The molecule has 0 saturated carbocycles. The van der Waals surface area contributed by atoms with Crippen LogP contribution in [0.3, 0.4) is 0 Å². The second-order valence-corrected chi connectivity index (χ2v) is 3.52. The minimum absolute atomic E-state index is 0.0899. The van der Waals surface area contributed by atoms with Crippen molar-refractivity contribution in [3.8, 4) is 0 Å². The third-order valence-corrected chi connectivity index (χ3v) is 2.73. The Morgan fingerprint density at radius 3 is 2.79 bits per heavy atom. The first kappa shape index (κ1) is 9.01. The normalized spacial score (nSPS) is 31.2. The van der Waals surface area contributed by atoms with E-state index < -0.39 is 12.0 Å². The number of aliphatic carboxylic acids is 1. The topological polar surface area (TPSA) is 110 Å². The van der Waals surface area contributed by atoms with Crippen molar-refractivity contribution in [1.29, 1.82) is 0 Å². The Hall–Kier alpha value is -1.56. The van der Waals surface area contributed by atoms with Crippen molar-refractivity contribution in [2.24, 2.45) is 11.5 Å². The highest BCUT2D eigenvalue weighted by Crippen LogP contribution is 2.33. The van der Waals surface area contributed by atoms with E-state index >= 15 is 0 Å². The molecule has 0 aliphatic carbocycles. The largest absolute Gasteiger partial charge is 0.477 e. The van der Waals surface area contributed by atoms with E-state index in [4.69, 9.17) is 16.6 Å². The molecule has 2 aliphatic heterocycles. The van der Waals surface area contributed by atoms with Gasteiger partial charge in [0.1, 0.15) is 11.7 Å². The summed E-state index contributed by atoms with van der Waals surface area (Å²) in [7, 11) is 0. The molecule has 2 rings (SSSR count). The van der Waals surface area contributed by atoms with Gasteiger partial charge in [-0.15, -0.1) is 0 Å². The molecule has 0 aromatic heterocycles. The maximum Gasteiger partial charge on any atom is 0.354 e. The lowest BCUT2D eigenvalue weighted by Gasteiger charge is -2.48. The quantitative estimate of drug-likeness (QED) is 0.446. The minimum atomic E-state index is -1.16. The van der Waals surface area contributed by atoms with Crippen molar-refractivity contribution in [3.63, 3.8) is 0 Å². The number of carboxylic acid groups (broad SMARTS) is 1. The number of fused-ring (bicyclic) bond motifs is 1. The van der Waals surface area contributed by atoms with Gasteiger partial charge >= 0.3 is 5.97 Å². The highest BCUT2D eigenvalue weighted by Gasteiger charge is 2.50. The first-order valence-electron chi connectivity index (χ1n) is 4.34. The van der Waals surface area contributed by atoms with Gasteiger partial charge in [-0.2, -0.15) is 0 Å². The second kappa shape index (κ2) is 2.71. The third-order valence-electron chi connectivity index (χ3n) is 2.73. The lowest BCUT2D eigenvalue weighted by atomic mass is 9.86. The summed E-state index contributed by atoms with van der Waals surface area (Å²) in [6, 6.07) is -0.738. The van der Waals surface area contributed by atoms with Gasteiger partial charge in [-0.3, -0.25) is 9.69 Å². The van der Waals surface area contributed by atoms with E-state index in [1.807, 2.05) is 0 Å². The molecule has 1 amide bonds. The molecule has 6 heteroatoms. The standard InChI is InChI=1S/C8H11N3O3/c9-3-1-2-4-5(10)7(12)11(4)6(3)8(13)14/h4-5H,1-2,9-10H2,(H,13,14)/t4-,5+/m1/s1. The molecule has 1 saturated heterocycles. The summed E-state index contributed by atoms with van der Waals surface area (Å²) in [6.45, 7) is 0. The molecule has 0 radical (unpaired) electrons. The number of rotatable bonds is 1. The molecule has 5 N–H and O–H groups in total. The summed E-state index contributed by atoms with van der Waals surface area (Å²) in [5.41, 5.74) is 11.2. The number of hydrogen-bond donors (Lipinski definition) is 3. The third kappa shape index (κ3) is 0.941. The first-order chi connectivity index (χ1) is 6.54. The van der Waals surface area contributed by atoms with Crippen LogP contribution in [-0.4, -0.2) is 34.0 Å². The van der Waals surface area contributed by atoms with Gasteiger partial charge in [-0.1, -0.05) is 0 Å². The van der Waals surface area contributed by atoms with Crippen molar-refractivity contribution in [2.45, 2.75) is 24.9 Å². The summed E-state index contributed by atoms with van der Waals surface area (Å²) in [6.07, 6.45) is 1.14. The van der Waals surface area contributed by atoms with Gasteiger partial charge in [0.05, 0.1) is 6.04 Å². The molecule has 2 atom stereocenters. The number of carbonyl (C=O) groups excluding carboxylic acids is 1. The number of nitrogens with two attached hydrogens (primary N) is 2. The van der Waals surface area contributed by atoms with Crippen LogP contribution >= 0.6 is 0 Å². The fraction of sp³-hybridized carbons (Fsp3) is 0.500. The summed E-state index contributed by atoms with van der Waals surface area (Å²) in [5.74, 6) is -1.51. The Balaban J connectivity index is 2.37. The van der Waals surface area contributed by atoms with Crippen LogP contribution in [0.1, 0.15) is 12.8 Å². The monoisotopic (exact) mass is 197 g/mol. The minimum Gasteiger partial charge on any atom is -0.477 e. The van der Waals surface area contributed by atoms with Crippen LogP contribution in [0.5, 0.6) is 0 Å². The lowest BCUT2D eigenvalue weighted by Crippen LogP contribution is -2.69. The lowest BCUT2D eigenvalue weighted by molar-refractivity contribution is -0.152. The van der Waals surface area contributed by atoms with Crippen molar-refractivity contribution in [1.82, 2.24) is 4.90 Å². The van der Waals surface area contributed by atoms with E-state index in [1.165, 1.54) is 4.90 Å². The van der Waals surface area contributed by atoms with Gasteiger partial charge in [0, 0.05) is 5.70 Å². The fourth-order valence-electron chi connectivity index (χ4n) is 1.97. The van der Waals surface area contributed by atoms with Gasteiger partial charge < -0.3 is 16.6 Å². The molecule has 0 bridgehead atoms. The van der Waals surface area contributed by atoms with Gasteiger partial charge in [-0.05, 0) is 12.8 Å². The molecule has 0 spiro atoms. The van der Waals surface area contributed by atoms with Crippen molar-refractivity contribution >= 4 is 11.9 Å². The molecule has 0 aromatic rings. The smallest absolute Gasteiger partial charge is 0.354 e. The summed E-state index contributed by atoms with van der Waals surface area (Å²) in [4.78, 5) is 23.3. The van der Waals surface area contributed by atoms with Crippen LogP contribution in [0.4, 0.5) is 0 Å². The Morgan fingerprint density at radius 1 is 1.57 bits per heavy atom. The van der Waals surface area contributed by atoms with E-state index in [0.717, 1.165) is 0 Å². The van der Waals surface area contributed by atoms with E-state index in [9.17, 15) is 9.59 Å². The van der Waals surface area contributed by atoms with Gasteiger partial charge in [-0.25, -0.2) is 4.79 Å². The zero-order valence-corrected chi connectivity index (χ0v) is 7.43. The molecular formula is C8H11N3O3. The first-order valence-corrected chi connectivity index (χ1v) is 4.34. The SMILES string of the molecule is NC1=C(C(=O)O)N2C(=O)[C@@H](N)[C@H]2CC1. The molecule has 2 heterocycles. The number of allylic oxidation sites excluding steroid dienone is 1. The molecule has 1 fully saturated rings. The molecule has 2 aliphatic rings. The van der Waals surface area contributed by atoms with Crippen LogP contribution in [-0.2, 0) is 9.59 Å². The van der Waals surface area contributed by atoms with Gasteiger partial charge in [0.15, 0.2) is 0 Å². The van der Waals surface area contributed by atoms with Gasteiger partial charge in [0.2, 0.25) is 5.91 Å². The van der Waals surface area contributed by atoms with Crippen LogP contribution in [0.15, 0.2) is 11.4 Å². The summed E-state index contributed by atoms with van der Waals surface area (Å²) in [5, 5.41) is 8.86. The van der Waals surface area contributed by atoms with E-state index in [2.05, 4.69) is 0 Å². The molecule has 6 nitrogen and oxygen atoms in total. The fourth-order valence-corrected chi connectivity index (χ4v) is 1.97. The number of β-lactam (4-membered cyclic amide) rings is 1. The molecule has 0 aromatic carbocycles. The summed E-state index contributed by atoms with van der Waals surface area (Å²) >= 11 is 0. The zero-order valence-electron chi connectivity index (χ0n) is 7.43. The average molecular weight is 197 g/mol. The highest BCUT2D eigenvalue weighted by atomic mass is 16.4. The van der Waals surface area contributed by atoms with Crippen LogP contribution < -0.4 is 11.5 Å². The number of amides is 1. The molecule has 0 unspecified atom stereocenters. The van der Waals surface area contributed by atoms with Crippen LogP contribution in [0.25, 0.3) is 0 Å². The van der Waals surface area contributed by atoms with Crippen molar-refractivity contribution in [2.75, 3.05) is 0 Å². The molecular weight excluding hydrogens is 186 g/mol. The number of carboxylic acids is 1. The Bertz CT molecular complexity index is 350. The molecule has 14 heavy (non-hydrogen) atoms. The predicted molar refractivity (Wildman–Crippen MR) is 46.7 cm³/mol. The van der Waals surface area contributed by atoms with Crippen molar-refractivity contribution < 1.29 is 14.7 Å². The Labute approximate surface area is 80.1 Å². The van der Waals surface area contributed by atoms with E-state index in [-0.39, 0.29) is 23.3 Å². The van der Waals surface area contributed by atoms with E-state index in [1.54, 1.807) is 0 Å². The van der Waals surface area contributed by atoms with Crippen molar-refractivity contribution in [3.05, 3.63) is 11.4 Å². The second-order valence-electron chi connectivity index (χ2n) is 3.52. The Kier molecular flexibility index (Phi) is 1.75. The number of hydrogen-bond acceptors (Lipinski definition) is 4. The van der Waals surface area contributed by atoms with Crippen LogP contribution in [0, 0.1) is 0 Å². The Morgan fingerprint density at radius 2 is 2.21 bits per heavy atom. The van der Waals surface area contributed by atoms with Gasteiger partial charge in [0.25, 0.3) is 0 Å². The number of carbonyl (C=O) groups is 2. The number of nitrogens with zero attached hydrogens (tertiary/aromatic N) is 1. The highest BCUT2D eigenvalue weighted by molar-refractivity contribution is 5.99. The average Bonchev–Trinajstić information content (AvgIpc) is 2.15. The zero-order chi connectivity index (χ0) is 10.5. The maximum atomic E-state index is 11.3. The van der Waals surface area contributed by atoms with E-state index in [0.29, 0.717) is 12.8 Å².